The maximum Gasteiger partial charge on any atom is 0.410 e. The molecule has 12 nitrogen and oxygen atoms in total. The van der Waals surface area contributed by atoms with E-state index in [1.54, 1.807) is 17.1 Å². The first-order valence-corrected chi connectivity index (χ1v) is 22.8. The quantitative estimate of drug-likeness (QED) is 0.0473. The lowest BCUT2D eigenvalue weighted by Crippen LogP contribution is -2.70. The number of ether oxygens (including phenoxy) is 6. The van der Waals surface area contributed by atoms with Crippen LogP contribution < -0.4 is 18.9 Å². The van der Waals surface area contributed by atoms with Gasteiger partial charge in [0.25, 0.3) is 0 Å². The largest absolute Gasteiger partial charge is 0.459 e. The molecule has 0 unspecified atom stereocenters. The third kappa shape index (κ3) is 9.80. The molecular formula is C53H60N2O10. The second kappa shape index (κ2) is 21.3. The highest BCUT2D eigenvalue weighted by Gasteiger charge is 2.65. The normalized spacial score (nSPS) is 23.0. The van der Waals surface area contributed by atoms with Crippen molar-refractivity contribution in [1.82, 2.24) is 4.90 Å². The van der Waals surface area contributed by atoms with Gasteiger partial charge >= 0.3 is 6.09 Å². The van der Waals surface area contributed by atoms with Crippen molar-refractivity contribution in [3.63, 3.8) is 0 Å². The van der Waals surface area contributed by atoms with Gasteiger partial charge in [0.1, 0.15) is 30.4 Å². The molecule has 0 aromatic heterocycles. The molecule has 4 aromatic rings. The van der Waals surface area contributed by atoms with Crippen LogP contribution in [0.25, 0.3) is 11.1 Å². The molecule has 0 radical (unpaired) electrons. The molecule has 1 amide bonds. The van der Waals surface area contributed by atoms with E-state index in [1.165, 1.54) is 7.11 Å². The van der Waals surface area contributed by atoms with Gasteiger partial charge in [-0.2, -0.15) is 0 Å². The number of aliphatic hydroxyl groups excluding tert-OH is 2. The Kier molecular flexibility index (Phi) is 14.9. The fourth-order valence-electron chi connectivity index (χ4n) is 10.2. The van der Waals surface area contributed by atoms with E-state index in [9.17, 15) is 15.0 Å². The third-order valence-electron chi connectivity index (χ3n) is 13.0. The number of aliphatic hydroxyl groups is 2. The number of allylic oxidation sites excluding steroid dienone is 1. The highest BCUT2D eigenvalue weighted by atomic mass is 16.7. The fourth-order valence-corrected chi connectivity index (χ4v) is 10.2. The predicted molar refractivity (Wildman–Crippen MR) is 248 cm³/mol. The molecule has 342 valence electrons. The van der Waals surface area contributed by atoms with Crippen LogP contribution in [0.15, 0.2) is 133 Å². The molecule has 4 aliphatic rings. The van der Waals surface area contributed by atoms with Gasteiger partial charge in [0.15, 0.2) is 11.5 Å². The van der Waals surface area contributed by atoms with Crippen molar-refractivity contribution in [1.29, 1.82) is 0 Å². The lowest BCUT2D eigenvalue weighted by atomic mass is 9.55. The monoisotopic (exact) mass is 884 g/mol. The lowest BCUT2D eigenvalue weighted by molar-refractivity contribution is -0.256. The summed E-state index contributed by atoms with van der Waals surface area (Å²) in [5.41, 5.74) is 5.56. The van der Waals surface area contributed by atoms with Crippen molar-refractivity contribution in [3.8, 4) is 39.9 Å². The zero-order valence-electron chi connectivity index (χ0n) is 37.1. The number of carbonyl (C=O) groups excluding carboxylic acids is 1. The number of benzene rings is 4. The highest BCUT2D eigenvalue weighted by molar-refractivity contribution is 6.03. The Morgan fingerprint density at radius 1 is 0.862 bits per heavy atom. The molecule has 8 rings (SSSR count). The number of nitrogens with zero attached hydrogens (tertiary/aromatic N) is 2. The summed E-state index contributed by atoms with van der Waals surface area (Å²) < 4.78 is 38.5. The summed E-state index contributed by atoms with van der Waals surface area (Å²) in [7, 11) is 1.53. The van der Waals surface area contributed by atoms with Crippen molar-refractivity contribution < 1.29 is 48.3 Å². The van der Waals surface area contributed by atoms with E-state index >= 15 is 0 Å². The Balaban J connectivity index is 1.28. The molecular weight excluding hydrogens is 825 g/mol. The standard InChI is InChI=1S/C53H60N2O10/c1-4-6-29-60-52(58)55(34-36-18-24-47-48(30-36)62-35-61-47)49-33-45(54-59-3)43-31-39(16-10-12-26-56)42(17-11-13-27-57)50-44-32-41(23-25-46(44)65-53(49,51(43)50)63-28-5-2)64-40-21-19-38(20-22-40)37-14-8-7-9-15-37/h4-5,7-9,14-15,18-25,30-32,39,42,49-51,56-57H,1-2,6,10-13,16-17,26-29,33-35H2,3H3/t39-,42+,49-,50+,51+,53+/m0/s1. The maximum absolute atomic E-state index is 14.7. The number of carbonyl (C=O) groups is 1. The Bertz CT molecular complexity index is 2330. The lowest BCUT2D eigenvalue weighted by Gasteiger charge is -2.59. The van der Waals surface area contributed by atoms with Crippen molar-refractivity contribution in [3.05, 3.63) is 139 Å². The average Bonchev–Trinajstić information content (AvgIpc) is 3.81. The molecule has 2 heterocycles. The smallest absolute Gasteiger partial charge is 0.410 e. The van der Waals surface area contributed by atoms with Crippen molar-refractivity contribution in [2.24, 2.45) is 22.9 Å². The molecule has 4 aromatic carbocycles. The molecule has 12 heteroatoms. The number of oxime groups is 1. The summed E-state index contributed by atoms with van der Waals surface area (Å²) in [6.07, 6.45) is 10.4. The van der Waals surface area contributed by atoms with Gasteiger partial charge in [-0.1, -0.05) is 84.8 Å². The summed E-state index contributed by atoms with van der Waals surface area (Å²) in [6, 6.07) is 29.1. The van der Waals surface area contributed by atoms with Gasteiger partial charge in [-0.25, -0.2) is 4.79 Å². The van der Waals surface area contributed by atoms with Crippen LogP contribution in [0.2, 0.25) is 0 Å². The van der Waals surface area contributed by atoms with Gasteiger partial charge in [-0.05, 0) is 109 Å². The minimum absolute atomic E-state index is 0.0353. The van der Waals surface area contributed by atoms with E-state index in [2.05, 4.69) is 49.6 Å². The summed E-state index contributed by atoms with van der Waals surface area (Å²) in [4.78, 5) is 22.0. The van der Waals surface area contributed by atoms with Crippen LogP contribution in [0.5, 0.6) is 28.7 Å². The van der Waals surface area contributed by atoms with Crippen molar-refractivity contribution >= 4 is 11.8 Å². The summed E-state index contributed by atoms with van der Waals surface area (Å²) in [6.45, 7) is 8.56. The Morgan fingerprint density at radius 3 is 2.35 bits per heavy atom. The van der Waals surface area contributed by atoms with Crippen LogP contribution in [0, 0.1) is 17.8 Å². The molecule has 2 aliphatic carbocycles. The molecule has 1 saturated carbocycles. The molecule has 0 saturated heterocycles. The summed E-state index contributed by atoms with van der Waals surface area (Å²) in [5, 5.41) is 24.6. The van der Waals surface area contributed by atoms with Crippen LogP contribution in [0.4, 0.5) is 4.79 Å². The van der Waals surface area contributed by atoms with Crippen LogP contribution in [-0.4, -0.2) is 79.1 Å². The fraction of sp³-hybridized carbons (Fsp3) is 0.396. The molecule has 1 fully saturated rings. The first-order valence-electron chi connectivity index (χ1n) is 22.8. The van der Waals surface area contributed by atoms with Gasteiger partial charge in [-0.15, -0.1) is 13.2 Å². The van der Waals surface area contributed by atoms with E-state index in [0.29, 0.717) is 53.7 Å². The third-order valence-corrected chi connectivity index (χ3v) is 13.0. The molecule has 0 bridgehead atoms. The van der Waals surface area contributed by atoms with Gasteiger partial charge in [0.05, 0.1) is 24.8 Å². The van der Waals surface area contributed by atoms with Crippen molar-refractivity contribution in [2.75, 3.05) is 40.3 Å². The van der Waals surface area contributed by atoms with Crippen LogP contribution >= 0.6 is 0 Å². The zero-order valence-corrected chi connectivity index (χ0v) is 37.1. The Labute approximate surface area is 381 Å². The van der Waals surface area contributed by atoms with Crippen LogP contribution in [0.3, 0.4) is 0 Å². The van der Waals surface area contributed by atoms with Crippen molar-refractivity contribution in [2.45, 2.75) is 75.7 Å². The molecule has 0 spiro atoms. The van der Waals surface area contributed by atoms with E-state index < -0.39 is 23.8 Å². The summed E-state index contributed by atoms with van der Waals surface area (Å²) in [5.74, 6) is 1.07. The van der Waals surface area contributed by atoms with Gasteiger partial charge in [-0.3, -0.25) is 4.90 Å². The van der Waals surface area contributed by atoms with Crippen LogP contribution in [-0.2, 0) is 20.9 Å². The summed E-state index contributed by atoms with van der Waals surface area (Å²) >= 11 is 0. The highest BCUT2D eigenvalue weighted by Crippen LogP contribution is 2.62. The molecule has 2 aliphatic heterocycles. The maximum atomic E-state index is 14.7. The van der Waals surface area contributed by atoms with E-state index in [-0.39, 0.29) is 63.9 Å². The number of fused-ring (bicyclic) bond motifs is 3. The van der Waals surface area contributed by atoms with Gasteiger partial charge in [0.2, 0.25) is 12.6 Å². The SMILES string of the molecule is C=CCCOC(=O)N(Cc1ccc2c(c1)OCO2)[C@H]1CC(=NOC)C2=C[C@H](CCCCO)[C@@H](CCCCO)[C@@H]3c4cc(Oc5ccc(-c6ccccc6)cc5)ccc4O[C@@]1(OCC=C)[C@H]23. The predicted octanol–water partition coefficient (Wildman–Crippen LogP) is 10.4. The van der Waals surface area contributed by atoms with E-state index in [0.717, 1.165) is 53.5 Å². The number of hydrogen-bond donors (Lipinski definition) is 2. The Hall–Kier alpha value is -6.08. The Morgan fingerprint density at radius 2 is 1.60 bits per heavy atom. The molecule has 2 N–H and O–H groups in total. The van der Waals surface area contributed by atoms with Crippen LogP contribution in [0.1, 0.15) is 68.4 Å². The van der Waals surface area contributed by atoms with Gasteiger partial charge < -0.3 is 43.5 Å². The van der Waals surface area contributed by atoms with E-state index in [1.807, 2.05) is 60.7 Å². The number of hydrogen-bond acceptors (Lipinski definition) is 11. The second-order valence-corrected chi connectivity index (χ2v) is 17.0. The first-order chi connectivity index (χ1) is 31.9. The average molecular weight is 885 g/mol. The second-order valence-electron chi connectivity index (χ2n) is 17.0. The number of rotatable bonds is 21. The van der Waals surface area contributed by atoms with Gasteiger partial charge in [0, 0.05) is 37.7 Å². The molecule has 65 heavy (non-hydrogen) atoms. The first kappa shape index (κ1) is 45.5. The zero-order chi connectivity index (χ0) is 45.2. The minimum atomic E-state index is -1.47. The van der Waals surface area contributed by atoms with E-state index in [4.69, 9.17) is 38.4 Å². The molecule has 6 atom stereocenters. The number of amides is 1. The number of unbranched alkanes of at least 4 members (excludes halogenated alkanes) is 2. The minimum Gasteiger partial charge on any atom is -0.459 e. The topological polar surface area (TPSA) is 138 Å².